The van der Waals surface area contributed by atoms with Crippen molar-refractivity contribution in [1.29, 1.82) is 0 Å². The summed E-state index contributed by atoms with van der Waals surface area (Å²) in [5.41, 5.74) is 6.69. The van der Waals surface area contributed by atoms with Gasteiger partial charge in [-0.3, -0.25) is 4.57 Å². The molecule has 2 aromatic heterocycles. The van der Waals surface area contributed by atoms with Gasteiger partial charge in [0.05, 0.1) is 23.8 Å². The van der Waals surface area contributed by atoms with Crippen LogP contribution >= 0.6 is 12.6 Å². The summed E-state index contributed by atoms with van der Waals surface area (Å²) >= 11 is 4.36. The highest BCUT2D eigenvalue weighted by Crippen LogP contribution is 2.36. The molecule has 1 saturated heterocycles. The minimum Gasteiger partial charge on any atom is -0.391 e. The highest BCUT2D eigenvalue weighted by molar-refractivity contribution is 7.81. The molecule has 3 heterocycles. The van der Waals surface area contributed by atoms with Gasteiger partial charge in [-0.2, -0.15) is 12.6 Å². The van der Waals surface area contributed by atoms with Crippen molar-refractivity contribution in [1.82, 2.24) is 19.5 Å². The molecule has 0 aliphatic carbocycles. The zero-order valence-corrected chi connectivity index (χ0v) is 11.6. The summed E-state index contributed by atoms with van der Waals surface area (Å²) < 4.78 is 7.32. The molecular formula is C11H15N5O3S. The lowest BCUT2D eigenvalue weighted by molar-refractivity contribution is -0.0749. The second kappa shape index (κ2) is 4.85. The number of aliphatic hydroxyl groups excluding tert-OH is 2. The maximum Gasteiger partial charge on any atom is 0.167 e. The Morgan fingerprint density at radius 2 is 2.20 bits per heavy atom. The summed E-state index contributed by atoms with van der Waals surface area (Å²) in [7, 11) is 0. The molecule has 0 radical (unpaired) electrons. The van der Waals surface area contributed by atoms with Gasteiger partial charge >= 0.3 is 0 Å². The number of hydrogen-bond acceptors (Lipinski definition) is 8. The lowest BCUT2D eigenvalue weighted by atomic mass is 10.1. The third kappa shape index (κ3) is 1.94. The molecule has 9 heteroatoms. The Kier molecular flexibility index (Phi) is 3.28. The average Bonchev–Trinajstić information content (AvgIpc) is 2.94. The van der Waals surface area contributed by atoms with E-state index in [-0.39, 0.29) is 5.82 Å². The van der Waals surface area contributed by atoms with Crippen molar-refractivity contribution in [2.75, 3.05) is 5.73 Å². The van der Waals surface area contributed by atoms with E-state index >= 15 is 0 Å². The first-order valence-corrected chi connectivity index (χ1v) is 6.65. The predicted molar refractivity (Wildman–Crippen MR) is 74.1 cm³/mol. The first kappa shape index (κ1) is 13.6. The predicted octanol–water partition coefficient (Wildman–Crippen LogP) is -0.654. The average molecular weight is 297 g/mol. The SMILES string of the molecule is CC(O)[C@H]1O[C@@H](n2cnc3c(N)ncnc32)[C@H](S)[C@H]1O. The Bertz CT molecular complexity index is 634. The van der Waals surface area contributed by atoms with Crippen LogP contribution in [0.1, 0.15) is 13.2 Å². The summed E-state index contributed by atoms with van der Waals surface area (Å²) in [6, 6.07) is 0. The second-order valence-corrected chi connectivity index (χ2v) is 5.39. The number of nitrogens with two attached hydrogens (primary N) is 1. The third-order valence-electron chi connectivity index (χ3n) is 3.41. The number of rotatable bonds is 2. The fraction of sp³-hybridized carbons (Fsp3) is 0.545. The van der Waals surface area contributed by atoms with Crippen molar-refractivity contribution in [3.8, 4) is 0 Å². The van der Waals surface area contributed by atoms with Crippen LogP contribution < -0.4 is 5.73 Å². The number of hydrogen-bond donors (Lipinski definition) is 4. The Balaban J connectivity index is 2.02. The van der Waals surface area contributed by atoms with E-state index < -0.39 is 29.8 Å². The summed E-state index contributed by atoms with van der Waals surface area (Å²) in [6.45, 7) is 1.56. The van der Waals surface area contributed by atoms with Crippen LogP contribution in [0.4, 0.5) is 5.82 Å². The van der Waals surface area contributed by atoms with Gasteiger partial charge in [-0.1, -0.05) is 0 Å². The number of anilines is 1. The Morgan fingerprint density at radius 1 is 1.45 bits per heavy atom. The van der Waals surface area contributed by atoms with Gasteiger partial charge in [0.1, 0.15) is 17.9 Å². The number of nitrogen functional groups attached to an aromatic ring is 1. The fourth-order valence-corrected chi connectivity index (χ4v) is 2.75. The summed E-state index contributed by atoms with van der Waals surface area (Å²) in [5, 5.41) is 19.2. The lowest BCUT2D eigenvalue weighted by Gasteiger charge is -2.17. The van der Waals surface area contributed by atoms with Crippen molar-refractivity contribution < 1.29 is 14.9 Å². The van der Waals surface area contributed by atoms with Crippen molar-refractivity contribution in [2.24, 2.45) is 0 Å². The molecule has 4 N–H and O–H groups in total. The van der Waals surface area contributed by atoms with Crippen LogP contribution in [0.25, 0.3) is 11.2 Å². The second-order valence-electron chi connectivity index (χ2n) is 4.80. The minimum atomic E-state index is -0.889. The number of nitrogens with zero attached hydrogens (tertiary/aromatic N) is 4. The summed E-state index contributed by atoms with van der Waals surface area (Å²) in [6.07, 6.45) is -0.146. The van der Waals surface area contributed by atoms with Crippen LogP contribution in [0.3, 0.4) is 0 Å². The van der Waals surface area contributed by atoms with E-state index in [1.807, 2.05) is 0 Å². The standard InChI is InChI=1S/C11H15N5O3S/c1-4(17)7-6(18)8(20)11(19-7)16-3-15-5-9(12)13-2-14-10(5)16/h2-4,6-8,11,17-18,20H,1H3,(H2,12,13,14)/t4?,6-,7+,8+,11+/m0/s1. The van der Waals surface area contributed by atoms with E-state index in [2.05, 4.69) is 27.6 Å². The summed E-state index contributed by atoms with van der Waals surface area (Å²) in [4.78, 5) is 12.1. The number of ether oxygens (including phenoxy) is 1. The summed E-state index contributed by atoms with van der Waals surface area (Å²) in [5.74, 6) is 0.273. The number of imidazole rings is 1. The van der Waals surface area contributed by atoms with Crippen molar-refractivity contribution in [3.05, 3.63) is 12.7 Å². The van der Waals surface area contributed by atoms with Gasteiger partial charge < -0.3 is 20.7 Å². The van der Waals surface area contributed by atoms with E-state index in [4.69, 9.17) is 10.5 Å². The highest BCUT2D eigenvalue weighted by atomic mass is 32.1. The van der Waals surface area contributed by atoms with Gasteiger partial charge in [0.25, 0.3) is 0 Å². The van der Waals surface area contributed by atoms with Crippen molar-refractivity contribution in [2.45, 2.75) is 36.7 Å². The zero-order valence-electron chi connectivity index (χ0n) is 10.7. The molecule has 0 amide bonds. The number of thiol groups is 1. The minimum absolute atomic E-state index is 0.273. The van der Waals surface area contributed by atoms with Gasteiger partial charge in [-0.05, 0) is 6.92 Å². The van der Waals surface area contributed by atoms with Gasteiger partial charge in [-0.15, -0.1) is 0 Å². The Hall–Kier alpha value is -1.42. The lowest BCUT2D eigenvalue weighted by Crippen LogP contribution is -2.35. The molecule has 20 heavy (non-hydrogen) atoms. The van der Waals surface area contributed by atoms with Gasteiger partial charge in [-0.25, -0.2) is 15.0 Å². The molecule has 0 bridgehead atoms. The van der Waals surface area contributed by atoms with Crippen LogP contribution in [0.2, 0.25) is 0 Å². The number of fused-ring (bicyclic) bond motifs is 1. The van der Waals surface area contributed by atoms with Crippen LogP contribution in [-0.2, 0) is 4.74 Å². The third-order valence-corrected chi connectivity index (χ3v) is 3.97. The smallest absolute Gasteiger partial charge is 0.167 e. The largest absolute Gasteiger partial charge is 0.391 e. The molecule has 0 spiro atoms. The van der Waals surface area contributed by atoms with Crippen LogP contribution in [0.15, 0.2) is 12.7 Å². The van der Waals surface area contributed by atoms with Gasteiger partial charge in [0.15, 0.2) is 17.7 Å². The molecular weight excluding hydrogens is 282 g/mol. The topological polar surface area (TPSA) is 119 Å². The van der Waals surface area contributed by atoms with Crippen LogP contribution in [-0.4, -0.2) is 53.3 Å². The van der Waals surface area contributed by atoms with E-state index in [1.54, 1.807) is 11.5 Å². The fourth-order valence-electron chi connectivity index (χ4n) is 2.37. The monoisotopic (exact) mass is 297 g/mol. The first-order valence-electron chi connectivity index (χ1n) is 6.13. The Morgan fingerprint density at radius 3 is 2.85 bits per heavy atom. The van der Waals surface area contributed by atoms with E-state index in [0.29, 0.717) is 11.2 Å². The van der Waals surface area contributed by atoms with Crippen LogP contribution in [0.5, 0.6) is 0 Å². The highest BCUT2D eigenvalue weighted by Gasteiger charge is 2.45. The maximum absolute atomic E-state index is 10.1. The molecule has 1 unspecified atom stereocenters. The zero-order chi connectivity index (χ0) is 14.4. The first-order chi connectivity index (χ1) is 9.50. The van der Waals surface area contributed by atoms with Gasteiger partial charge in [0.2, 0.25) is 0 Å². The number of aromatic nitrogens is 4. The maximum atomic E-state index is 10.1. The molecule has 0 aromatic carbocycles. The van der Waals surface area contributed by atoms with E-state index in [0.717, 1.165) is 0 Å². The molecule has 0 saturated carbocycles. The van der Waals surface area contributed by atoms with Crippen molar-refractivity contribution >= 4 is 29.6 Å². The number of aliphatic hydroxyl groups is 2. The van der Waals surface area contributed by atoms with Crippen molar-refractivity contribution in [3.63, 3.8) is 0 Å². The van der Waals surface area contributed by atoms with E-state index in [9.17, 15) is 10.2 Å². The van der Waals surface area contributed by atoms with Crippen LogP contribution in [0, 0.1) is 0 Å². The molecule has 1 aliphatic heterocycles. The molecule has 1 aliphatic rings. The van der Waals surface area contributed by atoms with Gasteiger partial charge in [0, 0.05) is 0 Å². The molecule has 1 fully saturated rings. The molecule has 108 valence electrons. The molecule has 8 nitrogen and oxygen atoms in total. The Labute approximate surface area is 120 Å². The van der Waals surface area contributed by atoms with E-state index in [1.165, 1.54) is 12.7 Å². The molecule has 3 rings (SSSR count). The molecule has 2 aromatic rings. The quantitative estimate of drug-likeness (QED) is 0.544. The molecule has 5 atom stereocenters. The normalized spacial score (nSPS) is 31.8.